The van der Waals surface area contributed by atoms with Gasteiger partial charge in [0.2, 0.25) is 11.8 Å². The number of nitrogens with one attached hydrogen (secondary N) is 7. The lowest BCUT2D eigenvalue weighted by molar-refractivity contribution is -0.145. The van der Waals surface area contributed by atoms with Crippen LogP contribution in [-0.2, 0) is 115 Å². The van der Waals surface area contributed by atoms with E-state index in [1.807, 2.05) is 215 Å². The van der Waals surface area contributed by atoms with Gasteiger partial charge in [0.1, 0.15) is 89.8 Å². The summed E-state index contributed by atoms with van der Waals surface area (Å²) >= 11 is 0. The van der Waals surface area contributed by atoms with Crippen LogP contribution in [0.25, 0.3) is 32.7 Å². The van der Waals surface area contributed by atoms with E-state index in [0.29, 0.717) is 0 Å². The fourth-order valence-electron chi connectivity index (χ4n) is 14.7. The van der Waals surface area contributed by atoms with Crippen LogP contribution in [0.4, 0.5) is 0 Å². The molecule has 9 aromatic rings. The first kappa shape index (κ1) is 113. The number of ketones is 2. The standard InChI is InChI=1S/C32H42N4O8.C31H39N5O6.C19H29NO5.C18H28N2O5/c1-19(2)30(42-4)28(29(39)20(3)37)36-44-18-27(38)34-25(16-22-17-33-24-14-10-9-13-23(22)24)31(40)35-26(32(41)43-5)15-21-11-7-6-8-12-21;1-18(2)30(41-4)28(29(39)19(3)37)36-42-17-27(38)35-26(13-20-14-32-24-11-7-5-9-22(20)24)31(40)34-16-21-15-33-25-12-8-6-10-23(21)25;1-13(21)17(23)16(18(24-5)19(2,3)4)20-25-12-15(22)11-14-9-7-6-8-10-14;1-12(21)16(23)15(17(24-5)18(2,3)4)20-25-11-14(22)9-13-7-6-8-19-10-13/h6-14,17,19-20,25-26,29-30,33,37,39H,15-16,18H2,1-5H3,(H,34,38)(H,35,40);5-12,14-15,18-19,26,29-30,32-33,37,39H,13,16-17H2,1-4H3,(H,34,40)(H,35,38);6-10,13,17-18,21,23H,11-12H2,1-5H3;6-8,10,12,16-17,21,23H,9,11H2,1-5H3/b2*36-28+;20-16+;20-15+/t20-,25+,26-,29+,30+;19-,26+,29+,30+;13-,17+,18-;12-,16+,17-/m1111/s1. The summed E-state index contributed by atoms with van der Waals surface area (Å²) < 4.78 is 26.7. The number of benzene rings is 5. The van der Waals surface area contributed by atoms with E-state index in [1.165, 1.54) is 63.2 Å². The summed E-state index contributed by atoms with van der Waals surface area (Å²) in [6, 6.07) is 42.2. The first-order valence-corrected chi connectivity index (χ1v) is 44.8. The number of H-pyrrole nitrogens is 3. The number of oxime groups is 4. The third-order valence-electron chi connectivity index (χ3n) is 21.5. The number of aliphatic hydroxyl groups is 8. The second kappa shape index (κ2) is 56.5. The Labute approximate surface area is 793 Å². The highest BCUT2D eigenvalue weighted by Gasteiger charge is 2.39. The fourth-order valence-corrected chi connectivity index (χ4v) is 14.7. The Hall–Kier alpha value is -12.0. The molecule has 15 N–H and O–H groups in total. The van der Waals surface area contributed by atoms with Gasteiger partial charge in [0, 0.05) is 131 Å². The predicted octanol–water partition coefficient (Wildman–Crippen LogP) is 8.00. The largest absolute Gasteiger partial charge is 0.467 e. The monoisotopic (exact) mass is 1890 g/mol. The minimum atomic E-state index is -1.38. The minimum Gasteiger partial charge on any atom is -0.467 e. The third kappa shape index (κ3) is 35.9. The molecule has 36 heteroatoms. The van der Waals surface area contributed by atoms with E-state index in [1.54, 1.807) is 30.7 Å². The number of carbonyl (C=O) groups is 7. The maximum absolute atomic E-state index is 13.6. The van der Waals surface area contributed by atoms with Crippen LogP contribution in [0, 0.1) is 22.7 Å². The van der Waals surface area contributed by atoms with Crippen LogP contribution in [0.3, 0.4) is 0 Å². The molecule has 0 aliphatic carbocycles. The quantitative estimate of drug-likeness (QED) is 0.00975. The Balaban J connectivity index is 0.000000288. The number of ether oxygens (including phenoxy) is 5. The van der Waals surface area contributed by atoms with Gasteiger partial charge in [-0.05, 0) is 108 Å². The van der Waals surface area contributed by atoms with Gasteiger partial charge in [-0.25, -0.2) is 4.79 Å². The number of rotatable bonds is 48. The number of fused-ring (bicyclic) bond motifs is 3. The molecular weight excluding hydrogens is 1750 g/mol. The molecule has 4 aromatic heterocycles. The second-order valence-electron chi connectivity index (χ2n) is 35.7. The zero-order valence-corrected chi connectivity index (χ0v) is 81.0. The number of pyridine rings is 1. The molecule has 0 saturated heterocycles. The molecule has 0 radical (unpaired) electrons. The third-order valence-corrected chi connectivity index (χ3v) is 21.5. The maximum atomic E-state index is 13.6. The number of para-hydroxylation sites is 3. The number of methoxy groups -OCH3 is 5. The first-order valence-electron chi connectivity index (χ1n) is 44.8. The highest BCUT2D eigenvalue weighted by atomic mass is 16.6. The van der Waals surface area contributed by atoms with E-state index in [-0.39, 0.29) is 115 Å². The van der Waals surface area contributed by atoms with Crippen molar-refractivity contribution in [2.75, 3.05) is 62.0 Å². The van der Waals surface area contributed by atoms with Crippen molar-refractivity contribution in [2.24, 2.45) is 43.3 Å². The summed E-state index contributed by atoms with van der Waals surface area (Å²) in [7, 11) is 7.14. The molecule has 0 fully saturated rings. The topological polar surface area (TPSA) is 522 Å². The lowest BCUT2D eigenvalue weighted by Gasteiger charge is -2.32. The van der Waals surface area contributed by atoms with Crippen LogP contribution in [0.15, 0.2) is 197 Å². The highest BCUT2D eigenvalue weighted by Crippen LogP contribution is 2.29. The lowest BCUT2D eigenvalue weighted by Crippen LogP contribution is -2.53. The SMILES string of the molecule is COC(=O)[C@@H](Cc1ccccc1)NC(=O)[C@H](Cc1c[nH]c2ccccc12)NC(=O)CO/N=C(/[C@@H](OC)C(C)C)[C@@H](O)[C@@H](C)O.CO[C@H](/C(=N/OCC(=O)Cc1ccccc1)[C@@H](O)[C@@H](C)O)C(C)(C)C.CO[C@H](/C(=N/OCC(=O)Cc1cccnc1)[C@@H](O)[C@@H](C)O)C(C)(C)C.CO[C@H](/C(=N/OCC(=O)N[C@@H](Cc1c[nH]c2ccccc12)C(=O)NCc1c[nH]c2ccccc12)[C@@H](O)[C@@H](C)O)C(C)C. The summed E-state index contributed by atoms with van der Waals surface area (Å²) in [5.41, 5.74) is 7.50. The van der Waals surface area contributed by atoms with Crippen molar-refractivity contribution in [3.05, 3.63) is 210 Å². The van der Waals surface area contributed by atoms with Crippen LogP contribution >= 0.6 is 0 Å². The van der Waals surface area contributed by atoms with Crippen molar-refractivity contribution < 1.29 is 117 Å². The Morgan fingerprint density at radius 1 is 0.382 bits per heavy atom. The van der Waals surface area contributed by atoms with Gasteiger partial charge in [-0.2, -0.15) is 0 Å². The van der Waals surface area contributed by atoms with Crippen molar-refractivity contribution in [1.82, 2.24) is 41.2 Å². The molecule has 4 amide bonds. The summed E-state index contributed by atoms with van der Waals surface area (Å²) in [5.74, 6) is -3.33. The number of Topliss-reactive ketones (excluding diaryl/α,β-unsaturated/α-hetero) is 2. The normalized spacial score (nSPS) is 15.5. The molecule has 0 aliphatic heterocycles. The van der Waals surface area contributed by atoms with Gasteiger partial charge >= 0.3 is 5.97 Å². The summed E-state index contributed by atoms with van der Waals surface area (Å²) in [4.78, 5) is 124. The van der Waals surface area contributed by atoms with Crippen molar-refractivity contribution in [2.45, 2.75) is 227 Å². The van der Waals surface area contributed by atoms with E-state index < -0.39 is 128 Å². The number of nitrogens with zero attached hydrogens (tertiary/aromatic N) is 5. The molecular formula is C100H138N12O24. The van der Waals surface area contributed by atoms with E-state index in [4.69, 9.17) is 43.0 Å². The molecule has 0 aliphatic rings. The smallest absolute Gasteiger partial charge is 0.328 e. The van der Waals surface area contributed by atoms with Gasteiger partial charge in [0.25, 0.3) is 11.8 Å². The van der Waals surface area contributed by atoms with Crippen molar-refractivity contribution >= 4 is 96.7 Å². The van der Waals surface area contributed by atoms with Gasteiger partial charge in [-0.3, -0.25) is 33.8 Å². The van der Waals surface area contributed by atoms with Gasteiger partial charge in [-0.15, -0.1) is 0 Å². The molecule has 0 saturated carbocycles. The fraction of sp³-hybridized carbons (Fsp3) is 0.480. The zero-order chi connectivity index (χ0) is 101. The summed E-state index contributed by atoms with van der Waals surface area (Å²) in [6.45, 7) is 23.4. The van der Waals surface area contributed by atoms with Gasteiger partial charge in [0.15, 0.2) is 38.0 Å². The number of hydrogen-bond acceptors (Lipinski definition) is 29. The molecule has 5 aromatic carbocycles. The highest BCUT2D eigenvalue weighted by molar-refractivity contribution is 5.97. The van der Waals surface area contributed by atoms with Crippen LogP contribution < -0.4 is 21.3 Å². The number of aromatic amines is 3. The molecule has 4 heterocycles. The van der Waals surface area contributed by atoms with Gasteiger partial charge in [0.05, 0.1) is 31.5 Å². The second-order valence-corrected chi connectivity index (χ2v) is 35.7. The Bertz CT molecular complexity index is 5190. The lowest BCUT2D eigenvalue weighted by atomic mass is 9.83. The van der Waals surface area contributed by atoms with Gasteiger partial charge in [-0.1, -0.05) is 211 Å². The van der Waals surface area contributed by atoms with Crippen LogP contribution in [-0.4, -0.2) is 278 Å². The van der Waals surface area contributed by atoms with Crippen LogP contribution in [0.5, 0.6) is 0 Å². The zero-order valence-electron chi connectivity index (χ0n) is 81.0. The Morgan fingerprint density at radius 3 is 1.10 bits per heavy atom. The number of carbonyl (C=O) groups excluding carboxylic acids is 7. The first-order chi connectivity index (χ1) is 64.6. The number of hydrogen-bond donors (Lipinski definition) is 15. The van der Waals surface area contributed by atoms with E-state index in [2.05, 4.69) is 61.8 Å². The van der Waals surface area contributed by atoms with Gasteiger partial charge < -0.3 is 120 Å². The average Bonchev–Trinajstić information content (AvgIpc) is 1.08. The van der Waals surface area contributed by atoms with E-state index >= 15 is 0 Å². The van der Waals surface area contributed by atoms with Crippen molar-refractivity contribution in [3.8, 4) is 0 Å². The summed E-state index contributed by atoms with van der Waals surface area (Å²) in [5, 5.41) is 110. The molecule has 136 heavy (non-hydrogen) atoms. The number of esters is 1. The molecule has 9 rings (SSSR count). The molecule has 742 valence electrons. The van der Waals surface area contributed by atoms with E-state index in [9.17, 15) is 74.4 Å². The molecule has 0 spiro atoms. The predicted molar refractivity (Wildman–Crippen MR) is 516 cm³/mol. The Kier molecular flexibility index (Phi) is 46.8. The van der Waals surface area contributed by atoms with Crippen LogP contribution in [0.1, 0.15) is 130 Å². The Morgan fingerprint density at radius 2 is 0.728 bits per heavy atom. The summed E-state index contributed by atoms with van der Waals surface area (Å²) in [6.07, 6.45) is -2.39. The van der Waals surface area contributed by atoms with Crippen LogP contribution in [0.2, 0.25) is 0 Å². The van der Waals surface area contributed by atoms with Crippen molar-refractivity contribution in [3.63, 3.8) is 0 Å². The minimum absolute atomic E-state index is 0.0280. The number of aliphatic hydroxyl groups excluding tert-OH is 8. The molecule has 0 unspecified atom stereocenters. The molecule has 36 nitrogen and oxygen atoms in total. The maximum Gasteiger partial charge on any atom is 0.328 e. The van der Waals surface area contributed by atoms with E-state index in [0.717, 1.165) is 66.1 Å². The van der Waals surface area contributed by atoms with Crippen molar-refractivity contribution in [1.29, 1.82) is 0 Å². The molecule has 15 atom stereocenters. The molecule has 0 bridgehead atoms. The average molecular weight is 1890 g/mol. The number of aromatic nitrogens is 4. The number of amides is 4.